The molecule has 1 amide bonds. The van der Waals surface area contributed by atoms with Crippen LogP contribution in [0.25, 0.3) is 0 Å². The summed E-state index contributed by atoms with van der Waals surface area (Å²) in [7, 11) is 0. The zero-order valence-corrected chi connectivity index (χ0v) is 14.3. The molecule has 25 heavy (non-hydrogen) atoms. The lowest BCUT2D eigenvalue weighted by atomic mass is 10.1. The second-order valence-electron chi connectivity index (χ2n) is 5.05. The second kappa shape index (κ2) is 7.28. The lowest BCUT2D eigenvalue weighted by Gasteiger charge is -2.17. The summed E-state index contributed by atoms with van der Waals surface area (Å²) in [6.45, 7) is 0. The smallest absolute Gasteiger partial charge is 0.406 e. The van der Waals surface area contributed by atoms with E-state index >= 15 is 0 Å². The van der Waals surface area contributed by atoms with Crippen molar-refractivity contribution in [2.45, 2.75) is 12.4 Å². The number of nitrogens with one attached hydrogen (secondary N) is 1. The van der Waals surface area contributed by atoms with Crippen LogP contribution in [-0.4, -0.2) is 12.3 Å². The molecule has 1 atom stereocenters. The summed E-state index contributed by atoms with van der Waals surface area (Å²) in [6, 6.07) is 10.3. The van der Waals surface area contributed by atoms with Crippen LogP contribution in [0.5, 0.6) is 5.75 Å². The summed E-state index contributed by atoms with van der Waals surface area (Å²) >= 11 is 3.05. The predicted molar refractivity (Wildman–Crippen MR) is 91.1 cm³/mol. The van der Waals surface area contributed by atoms with Crippen LogP contribution in [0, 0.1) is 0 Å². The molecule has 1 aromatic carbocycles. The summed E-state index contributed by atoms with van der Waals surface area (Å²) < 4.78 is 40.4. The Morgan fingerprint density at radius 1 is 1.08 bits per heavy atom. The summed E-state index contributed by atoms with van der Waals surface area (Å²) in [4.78, 5) is 13.5. The number of amides is 1. The lowest BCUT2D eigenvalue weighted by Crippen LogP contribution is -2.28. The van der Waals surface area contributed by atoms with E-state index in [-0.39, 0.29) is 23.3 Å². The van der Waals surface area contributed by atoms with Crippen LogP contribution in [0.2, 0.25) is 0 Å². The molecule has 3 rings (SSSR count). The number of hydrogen-bond donors (Lipinski definition) is 1. The molecule has 130 valence electrons. The van der Waals surface area contributed by atoms with Crippen molar-refractivity contribution >= 4 is 28.6 Å². The summed E-state index contributed by atoms with van der Waals surface area (Å²) in [6.07, 6.45) is -4.76. The molecule has 0 aliphatic rings. The molecule has 0 radical (unpaired) electrons. The number of carbonyl (C=O) groups is 1. The third-order valence-electron chi connectivity index (χ3n) is 3.33. The Labute approximate surface area is 149 Å². The molecule has 0 saturated heterocycles. The quantitative estimate of drug-likeness (QED) is 0.655. The Bertz CT molecular complexity index is 778. The van der Waals surface area contributed by atoms with Crippen LogP contribution < -0.4 is 10.1 Å². The van der Waals surface area contributed by atoms with E-state index in [2.05, 4.69) is 10.1 Å². The molecule has 0 aliphatic carbocycles. The van der Waals surface area contributed by atoms with E-state index < -0.39 is 6.36 Å². The summed E-state index contributed by atoms with van der Waals surface area (Å²) in [5, 5.41) is 8.71. The molecular formula is C17H12F3NO2S2. The molecule has 1 N–H and O–H groups in total. The Morgan fingerprint density at radius 2 is 1.84 bits per heavy atom. The first-order chi connectivity index (χ1) is 11.9. The van der Waals surface area contributed by atoms with Crippen molar-refractivity contribution in [2.75, 3.05) is 0 Å². The van der Waals surface area contributed by atoms with E-state index in [9.17, 15) is 18.0 Å². The molecule has 3 nitrogen and oxygen atoms in total. The molecule has 0 bridgehead atoms. The van der Waals surface area contributed by atoms with E-state index in [4.69, 9.17) is 0 Å². The van der Waals surface area contributed by atoms with Crippen molar-refractivity contribution in [2.24, 2.45) is 0 Å². The third kappa shape index (κ3) is 4.61. The maximum absolute atomic E-state index is 12.5. The van der Waals surface area contributed by atoms with Crippen molar-refractivity contribution in [3.05, 3.63) is 74.6 Å². The maximum Gasteiger partial charge on any atom is 0.573 e. The van der Waals surface area contributed by atoms with Gasteiger partial charge < -0.3 is 10.1 Å². The molecule has 0 saturated carbocycles. The highest BCUT2D eigenvalue weighted by molar-refractivity contribution is 7.10. The van der Waals surface area contributed by atoms with Gasteiger partial charge in [-0.2, -0.15) is 11.3 Å². The Kier molecular flexibility index (Phi) is 5.10. The van der Waals surface area contributed by atoms with Crippen LogP contribution in [0.15, 0.2) is 58.6 Å². The zero-order chi connectivity index (χ0) is 17.9. The average molecular weight is 383 g/mol. The van der Waals surface area contributed by atoms with Gasteiger partial charge >= 0.3 is 6.36 Å². The number of rotatable bonds is 5. The zero-order valence-electron chi connectivity index (χ0n) is 12.6. The summed E-state index contributed by atoms with van der Waals surface area (Å²) in [5.41, 5.74) is 1.21. The van der Waals surface area contributed by atoms with Crippen molar-refractivity contribution in [3.63, 3.8) is 0 Å². The largest absolute Gasteiger partial charge is 0.573 e. The number of halogens is 3. The third-order valence-corrected chi connectivity index (χ3v) is 4.97. The SMILES string of the molecule is O=C(N[C@H](c1ccsc1)c1cccs1)c1ccc(OC(F)(F)F)cc1. The fourth-order valence-electron chi connectivity index (χ4n) is 2.24. The number of carbonyl (C=O) groups excluding carboxylic acids is 1. The Balaban J connectivity index is 1.76. The molecule has 8 heteroatoms. The van der Waals surface area contributed by atoms with E-state index in [1.807, 2.05) is 34.3 Å². The number of ether oxygens (including phenoxy) is 1. The van der Waals surface area contributed by atoms with E-state index in [1.165, 1.54) is 34.8 Å². The fraction of sp³-hybridized carbons (Fsp3) is 0.118. The van der Waals surface area contributed by atoms with Gasteiger partial charge in [0.15, 0.2) is 0 Å². The van der Waals surface area contributed by atoms with Gasteiger partial charge in [-0.3, -0.25) is 4.79 Å². The van der Waals surface area contributed by atoms with Crippen LogP contribution >= 0.6 is 22.7 Å². The molecule has 0 aliphatic heterocycles. The number of hydrogen-bond acceptors (Lipinski definition) is 4. The van der Waals surface area contributed by atoms with Gasteiger partial charge in [-0.25, -0.2) is 0 Å². The molecule has 0 fully saturated rings. The van der Waals surface area contributed by atoms with Crippen molar-refractivity contribution in [3.8, 4) is 5.75 Å². The number of thiophene rings is 2. The second-order valence-corrected chi connectivity index (χ2v) is 6.81. The van der Waals surface area contributed by atoms with Gasteiger partial charge in [-0.05, 0) is 58.1 Å². The monoisotopic (exact) mass is 383 g/mol. The molecule has 3 aromatic rings. The molecular weight excluding hydrogens is 371 g/mol. The van der Waals surface area contributed by atoms with Gasteiger partial charge in [0.2, 0.25) is 0 Å². The highest BCUT2D eigenvalue weighted by Gasteiger charge is 2.31. The van der Waals surface area contributed by atoms with Gasteiger partial charge in [0.1, 0.15) is 5.75 Å². The van der Waals surface area contributed by atoms with Crippen molar-refractivity contribution in [1.82, 2.24) is 5.32 Å². The summed E-state index contributed by atoms with van der Waals surface area (Å²) in [5.74, 6) is -0.736. The first-order valence-electron chi connectivity index (χ1n) is 7.14. The van der Waals surface area contributed by atoms with Gasteiger partial charge in [0, 0.05) is 10.4 Å². The van der Waals surface area contributed by atoms with Crippen LogP contribution in [-0.2, 0) is 0 Å². The first kappa shape index (κ1) is 17.5. The topological polar surface area (TPSA) is 38.3 Å². The lowest BCUT2D eigenvalue weighted by molar-refractivity contribution is -0.274. The van der Waals surface area contributed by atoms with Crippen LogP contribution in [0.1, 0.15) is 26.8 Å². The highest BCUT2D eigenvalue weighted by Crippen LogP contribution is 2.28. The first-order valence-corrected chi connectivity index (χ1v) is 8.97. The molecule has 2 heterocycles. The van der Waals surface area contributed by atoms with E-state index in [0.29, 0.717) is 0 Å². The number of alkyl halides is 3. The van der Waals surface area contributed by atoms with Crippen LogP contribution in [0.3, 0.4) is 0 Å². The van der Waals surface area contributed by atoms with Crippen LogP contribution in [0.4, 0.5) is 13.2 Å². The number of benzene rings is 1. The maximum atomic E-state index is 12.5. The fourth-order valence-corrected chi connectivity index (χ4v) is 3.72. The minimum atomic E-state index is -4.76. The van der Waals surface area contributed by atoms with Gasteiger partial charge in [-0.15, -0.1) is 24.5 Å². The van der Waals surface area contributed by atoms with Crippen molar-refractivity contribution in [1.29, 1.82) is 0 Å². The molecule has 0 spiro atoms. The highest BCUT2D eigenvalue weighted by atomic mass is 32.1. The normalized spacial score (nSPS) is 12.6. The van der Waals surface area contributed by atoms with E-state index in [0.717, 1.165) is 22.6 Å². The predicted octanol–water partition coefficient (Wildman–Crippen LogP) is 5.23. The molecule has 0 unspecified atom stereocenters. The van der Waals surface area contributed by atoms with Gasteiger partial charge in [-0.1, -0.05) is 6.07 Å². The van der Waals surface area contributed by atoms with E-state index in [1.54, 1.807) is 0 Å². The van der Waals surface area contributed by atoms with Gasteiger partial charge in [0.25, 0.3) is 5.91 Å². The molecule has 2 aromatic heterocycles. The van der Waals surface area contributed by atoms with Gasteiger partial charge in [0.05, 0.1) is 6.04 Å². The minimum Gasteiger partial charge on any atom is -0.406 e. The van der Waals surface area contributed by atoms with Crippen molar-refractivity contribution < 1.29 is 22.7 Å². The Morgan fingerprint density at radius 3 is 2.40 bits per heavy atom. The standard InChI is InChI=1S/C17H12F3NO2S2/c18-17(19,20)23-13-5-3-11(4-6-13)16(22)21-15(12-7-9-24-10-12)14-2-1-8-25-14/h1-10,15H,(H,21,22)/t15-/m1/s1. The average Bonchev–Trinajstić information content (AvgIpc) is 3.25. The minimum absolute atomic E-state index is 0.256. The Hall–Kier alpha value is -2.32.